The molecular weight excluding hydrogens is 344 g/mol. The van der Waals surface area contributed by atoms with E-state index in [-0.39, 0.29) is 24.5 Å². The van der Waals surface area contributed by atoms with Crippen LogP contribution in [0.3, 0.4) is 0 Å². The maximum absolute atomic E-state index is 12.7. The lowest BCUT2D eigenvalue weighted by Crippen LogP contribution is -2.41. The van der Waals surface area contributed by atoms with Crippen LogP contribution in [0.2, 0.25) is 0 Å². The molecule has 2 aliphatic heterocycles. The molecular formula is C21H22N2O4. The van der Waals surface area contributed by atoms with Crippen LogP contribution in [0.15, 0.2) is 42.5 Å². The summed E-state index contributed by atoms with van der Waals surface area (Å²) in [5, 5.41) is 0. The highest BCUT2D eigenvalue weighted by Gasteiger charge is 2.38. The van der Waals surface area contributed by atoms with Crippen molar-refractivity contribution in [2.75, 3.05) is 27.4 Å². The van der Waals surface area contributed by atoms with Crippen LogP contribution in [-0.2, 0) is 0 Å². The molecule has 2 heterocycles. The number of hydrogen-bond acceptors (Lipinski definition) is 5. The van der Waals surface area contributed by atoms with E-state index in [1.165, 1.54) is 4.90 Å². The molecule has 0 saturated carbocycles. The summed E-state index contributed by atoms with van der Waals surface area (Å²) in [6.45, 7) is 1.09. The van der Waals surface area contributed by atoms with Crippen LogP contribution in [0.4, 0.5) is 0 Å². The summed E-state index contributed by atoms with van der Waals surface area (Å²) in [5.74, 6) is 1.10. The molecule has 0 radical (unpaired) electrons. The van der Waals surface area contributed by atoms with E-state index in [4.69, 9.17) is 9.47 Å². The van der Waals surface area contributed by atoms with Gasteiger partial charge in [0, 0.05) is 18.2 Å². The summed E-state index contributed by atoms with van der Waals surface area (Å²) in [4.78, 5) is 28.9. The van der Waals surface area contributed by atoms with Crippen LogP contribution < -0.4 is 9.47 Å². The Morgan fingerprint density at radius 1 is 1.00 bits per heavy atom. The second-order valence-corrected chi connectivity index (χ2v) is 6.80. The minimum atomic E-state index is -0.223. The highest BCUT2D eigenvalue weighted by molar-refractivity contribution is 6.21. The van der Waals surface area contributed by atoms with Gasteiger partial charge < -0.3 is 9.47 Å². The number of ether oxygens (including phenoxy) is 2. The van der Waals surface area contributed by atoms with Crippen molar-refractivity contribution in [3.8, 4) is 11.5 Å². The number of methoxy groups -OCH3 is 2. The number of carbonyl (C=O) groups is 2. The highest BCUT2D eigenvalue weighted by Crippen LogP contribution is 2.39. The van der Waals surface area contributed by atoms with Crippen LogP contribution in [0.5, 0.6) is 11.5 Å². The van der Waals surface area contributed by atoms with E-state index < -0.39 is 0 Å². The van der Waals surface area contributed by atoms with E-state index in [2.05, 4.69) is 4.90 Å². The Kier molecular flexibility index (Phi) is 4.58. The van der Waals surface area contributed by atoms with Crippen LogP contribution in [-0.4, -0.2) is 49.0 Å². The lowest BCUT2D eigenvalue weighted by molar-refractivity contribution is 0.0525. The van der Waals surface area contributed by atoms with Gasteiger partial charge in [0.2, 0.25) is 0 Å². The van der Waals surface area contributed by atoms with Crippen LogP contribution in [0.25, 0.3) is 0 Å². The van der Waals surface area contributed by atoms with E-state index >= 15 is 0 Å². The zero-order valence-corrected chi connectivity index (χ0v) is 15.5. The van der Waals surface area contributed by atoms with Crippen molar-refractivity contribution in [2.24, 2.45) is 0 Å². The molecule has 0 aliphatic carbocycles. The Morgan fingerprint density at radius 3 is 2.33 bits per heavy atom. The average Bonchev–Trinajstić information content (AvgIpc) is 3.26. The SMILES string of the molecule is COc1ccc(OC)c([C@H]2CCCN2CN2C(=O)c3ccccc3C2=O)c1. The van der Waals surface area contributed by atoms with Gasteiger partial charge in [0.15, 0.2) is 0 Å². The van der Waals surface area contributed by atoms with Crippen molar-refractivity contribution >= 4 is 11.8 Å². The summed E-state index contributed by atoms with van der Waals surface area (Å²) in [6.07, 6.45) is 1.93. The Morgan fingerprint density at radius 2 is 1.70 bits per heavy atom. The molecule has 4 rings (SSSR count). The Bertz CT molecular complexity index is 861. The summed E-state index contributed by atoms with van der Waals surface area (Å²) >= 11 is 0. The zero-order valence-electron chi connectivity index (χ0n) is 15.5. The normalized spacial score (nSPS) is 19.5. The average molecular weight is 366 g/mol. The minimum Gasteiger partial charge on any atom is -0.497 e. The number of hydrogen-bond donors (Lipinski definition) is 0. The number of rotatable bonds is 5. The molecule has 2 aromatic rings. The summed E-state index contributed by atoms with van der Waals surface area (Å²) < 4.78 is 10.9. The predicted octanol–water partition coefficient (Wildman–Crippen LogP) is 3.09. The van der Waals surface area contributed by atoms with E-state index in [1.54, 1.807) is 38.5 Å². The summed E-state index contributed by atoms with van der Waals surface area (Å²) in [6, 6.07) is 12.8. The van der Waals surface area contributed by atoms with Gasteiger partial charge in [0.05, 0.1) is 32.0 Å². The molecule has 0 N–H and O–H groups in total. The number of likely N-dealkylation sites (tertiary alicyclic amines) is 1. The van der Waals surface area contributed by atoms with Gasteiger partial charge in [-0.15, -0.1) is 0 Å². The molecule has 0 aromatic heterocycles. The molecule has 0 spiro atoms. The van der Waals surface area contributed by atoms with Crippen molar-refractivity contribution in [3.63, 3.8) is 0 Å². The molecule has 0 unspecified atom stereocenters. The molecule has 1 atom stereocenters. The molecule has 6 heteroatoms. The smallest absolute Gasteiger partial charge is 0.262 e. The first kappa shape index (κ1) is 17.5. The lowest BCUT2D eigenvalue weighted by Gasteiger charge is -2.29. The summed E-state index contributed by atoms with van der Waals surface area (Å²) in [7, 11) is 3.28. The highest BCUT2D eigenvalue weighted by atomic mass is 16.5. The van der Waals surface area contributed by atoms with E-state index in [0.717, 1.165) is 36.4 Å². The van der Waals surface area contributed by atoms with Crippen molar-refractivity contribution in [1.29, 1.82) is 0 Å². The standard InChI is InChI=1S/C21H22N2O4/c1-26-14-9-10-19(27-2)17(12-14)18-8-5-11-22(18)13-23-20(24)15-6-3-4-7-16(15)21(23)25/h3-4,6-7,9-10,12,18H,5,8,11,13H2,1-2H3/t18-/m1/s1. The van der Waals surface area contributed by atoms with Gasteiger partial charge in [-0.25, -0.2) is 0 Å². The van der Waals surface area contributed by atoms with Gasteiger partial charge in [-0.05, 0) is 43.2 Å². The Balaban J connectivity index is 1.60. The molecule has 2 amide bonds. The predicted molar refractivity (Wildman–Crippen MR) is 100 cm³/mol. The Labute approximate surface area is 158 Å². The molecule has 27 heavy (non-hydrogen) atoms. The third-order valence-corrected chi connectivity index (χ3v) is 5.36. The number of nitrogens with zero attached hydrogens (tertiary/aromatic N) is 2. The topological polar surface area (TPSA) is 59.1 Å². The molecule has 0 bridgehead atoms. The van der Waals surface area contributed by atoms with Gasteiger partial charge in [-0.2, -0.15) is 0 Å². The maximum atomic E-state index is 12.7. The van der Waals surface area contributed by atoms with E-state index in [1.807, 2.05) is 18.2 Å². The monoisotopic (exact) mass is 366 g/mol. The first-order valence-electron chi connectivity index (χ1n) is 9.05. The number of benzene rings is 2. The van der Waals surface area contributed by atoms with Crippen molar-refractivity contribution in [1.82, 2.24) is 9.80 Å². The fraction of sp³-hybridized carbons (Fsp3) is 0.333. The number of amides is 2. The van der Waals surface area contributed by atoms with Crippen LogP contribution >= 0.6 is 0 Å². The molecule has 1 fully saturated rings. The number of fused-ring (bicyclic) bond motifs is 1. The first-order chi connectivity index (χ1) is 13.1. The fourth-order valence-electron chi connectivity index (χ4n) is 4.00. The minimum absolute atomic E-state index is 0.0689. The zero-order chi connectivity index (χ0) is 19.0. The van der Waals surface area contributed by atoms with Gasteiger partial charge >= 0.3 is 0 Å². The molecule has 2 aliphatic rings. The maximum Gasteiger partial charge on any atom is 0.262 e. The van der Waals surface area contributed by atoms with Crippen molar-refractivity contribution in [2.45, 2.75) is 18.9 Å². The van der Waals surface area contributed by atoms with Crippen molar-refractivity contribution < 1.29 is 19.1 Å². The van der Waals surface area contributed by atoms with E-state index in [9.17, 15) is 9.59 Å². The number of imide groups is 1. The van der Waals surface area contributed by atoms with Crippen LogP contribution in [0, 0.1) is 0 Å². The van der Waals surface area contributed by atoms with Gasteiger partial charge in [-0.1, -0.05) is 12.1 Å². The third kappa shape index (κ3) is 2.96. The van der Waals surface area contributed by atoms with E-state index in [0.29, 0.717) is 11.1 Å². The van der Waals surface area contributed by atoms with Crippen LogP contribution in [0.1, 0.15) is 45.2 Å². The number of carbonyl (C=O) groups excluding carboxylic acids is 2. The third-order valence-electron chi connectivity index (χ3n) is 5.36. The fourth-order valence-corrected chi connectivity index (χ4v) is 4.00. The van der Waals surface area contributed by atoms with Gasteiger partial charge in [-0.3, -0.25) is 19.4 Å². The lowest BCUT2D eigenvalue weighted by atomic mass is 10.0. The van der Waals surface area contributed by atoms with Gasteiger partial charge in [0.1, 0.15) is 11.5 Å². The second-order valence-electron chi connectivity index (χ2n) is 6.80. The molecule has 6 nitrogen and oxygen atoms in total. The first-order valence-corrected chi connectivity index (χ1v) is 9.05. The molecule has 140 valence electrons. The second kappa shape index (κ2) is 7.04. The quantitative estimate of drug-likeness (QED) is 0.761. The van der Waals surface area contributed by atoms with Gasteiger partial charge in [0.25, 0.3) is 11.8 Å². The largest absolute Gasteiger partial charge is 0.497 e. The van der Waals surface area contributed by atoms with Crippen molar-refractivity contribution in [3.05, 3.63) is 59.2 Å². The summed E-state index contributed by atoms with van der Waals surface area (Å²) in [5.41, 5.74) is 1.99. The Hall–Kier alpha value is -2.86. The molecule has 1 saturated heterocycles. The molecule has 2 aromatic carbocycles.